The second kappa shape index (κ2) is 7.94. The summed E-state index contributed by atoms with van der Waals surface area (Å²) >= 11 is 0. The number of hydrogen-bond acceptors (Lipinski definition) is 4. The van der Waals surface area contributed by atoms with Crippen LogP contribution in [0.25, 0.3) is 0 Å². The molecule has 2 fully saturated rings. The molecule has 2 aliphatic rings. The van der Waals surface area contributed by atoms with Crippen LogP contribution >= 0.6 is 0 Å². The quantitative estimate of drug-likeness (QED) is 0.798. The fraction of sp³-hybridized carbons (Fsp3) is 0.455. The summed E-state index contributed by atoms with van der Waals surface area (Å²) in [6.07, 6.45) is -1.44. The number of nitrogens with one attached hydrogen (secondary N) is 1. The molecule has 0 aromatic carbocycles. The molecule has 1 saturated carbocycles. The van der Waals surface area contributed by atoms with Crippen molar-refractivity contribution in [2.45, 2.75) is 51.2 Å². The molecule has 4 rings (SSSR count). The Kier molecular flexibility index (Phi) is 5.45. The first kappa shape index (κ1) is 21.3. The van der Waals surface area contributed by atoms with Gasteiger partial charge in [-0.05, 0) is 56.9 Å². The number of rotatable bonds is 3. The molecule has 1 aliphatic carbocycles. The van der Waals surface area contributed by atoms with Gasteiger partial charge >= 0.3 is 6.18 Å². The number of nitrogens with zero attached hydrogens (tertiary/aromatic N) is 3. The Morgan fingerprint density at radius 1 is 1.16 bits per heavy atom. The topological polar surface area (TPSA) is 75.2 Å². The molecular weight excluding hydrogens is 409 g/mol. The third-order valence-electron chi connectivity index (χ3n) is 6.12. The van der Waals surface area contributed by atoms with E-state index in [1.807, 2.05) is 0 Å². The van der Waals surface area contributed by atoms with Gasteiger partial charge in [0.25, 0.3) is 5.91 Å². The molecule has 1 N–H and O–H groups in total. The van der Waals surface area contributed by atoms with E-state index in [0.29, 0.717) is 31.5 Å². The predicted molar refractivity (Wildman–Crippen MR) is 107 cm³/mol. The molecule has 2 amide bonds. The number of anilines is 1. The third-order valence-corrected chi connectivity index (χ3v) is 6.12. The highest BCUT2D eigenvalue weighted by molar-refractivity contribution is 5.99. The SMILES string of the molecule is Cc1cccc(C(=O)NC2CCCC3(CCN(c4cccc(C(F)(F)F)n4)C3=O)C2)n1. The molecule has 0 radical (unpaired) electrons. The van der Waals surface area contributed by atoms with Gasteiger partial charge in [0.15, 0.2) is 0 Å². The van der Waals surface area contributed by atoms with E-state index in [1.165, 1.54) is 17.0 Å². The smallest absolute Gasteiger partial charge is 0.348 e. The van der Waals surface area contributed by atoms with Crippen LogP contribution in [0.1, 0.15) is 54.0 Å². The van der Waals surface area contributed by atoms with Crippen LogP contribution < -0.4 is 10.2 Å². The zero-order valence-electron chi connectivity index (χ0n) is 17.1. The van der Waals surface area contributed by atoms with Crippen molar-refractivity contribution in [3.63, 3.8) is 0 Å². The van der Waals surface area contributed by atoms with Crippen LogP contribution in [-0.2, 0) is 11.0 Å². The Balaban J connectivity index is 1.48. The molecule has 164 valence electrons. The summed E-state index contributed by atoms with van der Waals surface area (Å²) in [4.78, 5) is 35.1. The zero-order chi connectivity index (χ0) is 22.2. The van der Waals surface area contributed by atoms with Gasteiger partial charge in [0.1, 0.15) is 17.2 Å². The molecule has 31 heavy (non-hydrogen) atoms. The van der Waals surface area contributed by atoms with Crippen molar-refractivity contribution < 1.29 is 22.8 Å². The molecule has 9 heteroatoms. The first-order chi connectivity index (χ1) is 14.7. The summed E-state index contributed by atoms with van der Waals surface area (Å²) in [6, 6.07) is 8.61. The minimum Gasteiger partial charge on any atom is -0.348 e. The maximum absolute atomic E-state index is 13.3. The Labute approximate surface area is 177 Å². The highest BCUT2D eigenvalue weighted by atomic mass is 19.4. The summed E-state index contributed by atoms with van der Waals surface area (Å²) in [5.41, 5.74) is -0.639. The molecular formula is C22H23F3N4O2. The van der Waals surface area contributed by atoms with Gasteiger partial charge in [0, 0.05) is 18.3 Å². The fourth-order valence-electron chi connectivity index (χ4n) is 4.61. The summed E-state index contributed by atoms with van der Waals surface area (Å²) in [5.74, 6) is -0.480. The van der Waals surface area contributed by atoms with Crippen molar-refractivity contribution in [2.75, 3.05) is 11.4 Å². The number of alkyl halides is 3. The van der Waals surface area contributed by atoms with E-state index in [0.717, 1.165) is 24.6 Å². The minimum atomic E-state index is -4.57. The van der Waals surface area contributed by atoms with Crippen LogP contribution in [0.2, 0.25) is 0 Å². The van der Waals surface area contributed by atoms with E-state index < -0.39 is 17.3 Å². The van der Waals surface area contributed by atoms with E-state index in [4.69, 9.17) is 0 Å². The van der Waals surface area contributed by atoms with Crippen molar-refractivity contribution in [3.05, 3.63) is 53.5 Å². The second-order valence-electron chi connectivity index (χ2n) is 8.30. The van der Waals surface area contributed by atoms with Gasteiger partial charge in [-0.15, -0.1) is 0 Å². The molecule has 3 heterocycles. The highest BCUT2D eigenvalue weighted by Crippen LogP contribution is 2.46. The molecule has 6 nitrogen and oxygen atoms in total. The van der Waals surface area contributed by atoms with Crippen molar-refractivity contribution in [2.24, 2.45) is 5.41 Å². The summed E-state index contributed by atoms with van der Waals surface area (Å²) in [6.45, 7) is 2.12. The summed E-state index contributed by atoms with van der Waals surface area (Å²) in [7, 11) is 0. The number of carbonyl (C=O) groups is 2. The van der Waals surface area contributed by atoms with E-state index in [1.54, 1.807) is 25.1 Å². The van der Waals surface area contributed by atoms with Gasteiger partial charge < -0.3 is 5.32 Å². The molecule has 2 unspecified atom stereocenters. The molecule has 2 aromatic rings. The van der Waals surface area contributed by atoms with Gasteiger partial charge in [-0.3, -0.25) is 14.5 Å². The average Bonchev–Trinajstić information content (AvgIpc) is 3.03. The van der Waals surface area contributed by atoms with Gasteiger partial charge in [0.05, 0.1) is 5.41 Å². The predicted octanol–water partition coefficient (Wildman–Crippen LogP) is 3.90. The lowest BCUT2D eigenvalue weighted by atomic mass is 9.71. The fourth-order valence-corrected chi connectivity index (χ4v) is 4.61. The van der Waals surface area contributed by atoms with Crippen LogP contribution in [0.3, 0.4) is 0 Å². The number of aryl methyl sites for hydroxylation is 1. The summed E-state index contributed by atoms with van der Waals surface area (Å²) < 4.78 is 39.1. The average molecular weight is 432 g/mol. The van der Waals surface area contributed by atoms with Crippen molar-refractivity contribution in [1.82, 2.24) is 15.3 Å². The number of hydrogen-bond donors (Lipinski definition) is 1. The van der Waals surface area contributed by atoms with Crippen molar-refractivity contribution in [1.29, 1.82) is 0 Å². The first-order valence-electron chi connectivity index (χ1n) is 10.3. The highest BCUT2D eigenvalue weighted by Gasteiger charge is 2.50. The molecule has 1 spiro atoms. The minimum absolute atomic E-state index is 0.0202. The summed E-state index contributed by atoms with van der Waals surface area (Å²) in [5, 5.41) is 2.98. The molecule has 0 bridgehead atoms. The van der Waals surface area contributed by atoms with E-state index >= 15 is 0 Å². The van der Waals surface area contributed by atoms with Gasteiger partial charge in [-0.25, -0.2) is 9.97 Å². The second-order valence-corrected chi connectivity index (χ2v) is 8.30. The van der Waals surface area contributed by atoms with Crippen molar-refractivity contribution in [3.8, 4) is 0 Å². The number of aromatic nitrogens is 2. The standard InChI is InChI=1S/C22H23F3N4O2/c1-14-5-2-7-16(26-14)19(30)27-15-6-4-10-21(13-15)11-12-29(20(21)31)18-9-3-8-17(28-18)22(23,24)25/h2-3,5,7-9,15H,4,6,10-13H2,1H3,(H,27,30). The van der Waals surface area contributed by atoms with E-state index in [9.17, 15) is 22.8 Å². The number of pyridine rings is 2. The number of halogens is 3. The Morgan fingerprint density at radius 2 is 1.94 bits per heavy atom. The van der Waals surface area contributed by atoms with Crippen LogP contribution in [0.5, 0.6) is 0 Å². The lowest BCUT2D eigenvalue weighted by molar-refractivity contribution is -0.141. The van der Waals surface area contributed by atoms with Crippen LogP contribution in [0.4, 0.5) is 19.0 Å². The van der Waals surface area contributed by atoms with Crippen molar-refractivity contribution >= 4 is 17.6 Å². The maximum Gasteiger partial charge on any atom is 0.433 e. The number of amides is 2. The normalized spacial score (nSPS) is 23.9. The van der Waals surface area contributed by atoms with E-state index in [2.05, 4.69) is 15.3 Å². The lowest BCUT2D eigenvalue weighted by Crippen LogP contribution is -2.46. The third kappa shape index (κ3) is 4.26. The molecule has 1 aliphatic heterocycles. The van der Waals surface area contributed by atoms with Gasteiger partial charge in [-0.2, -0.15) is 13.2 Å². The largest absolute Gasteiger partial charge is 0.433 e. The van der Waals surface area contributed by atoms with E-state index in [-0.39, 0.29) is 23.7 Å². The van der Waals surface area contributed by atoms with Crippen LogP contribution in [0, 0.1) is 12.3 Å². The van der Waals surface area contributed by atoms with Gasteiger partial charge in [0.2, 0.25) is 5.91 Å². The lowest BCUT2D eigenvalue weighted by Gasteiger charge is -2.36. The molecule has 2 atom stereocenters. The number of carbonyl (C=O) groups excluding carboxylic acids is 2. The maximum atomic E-state index is 13.3. The van der Waals surface area contributed by atoms with Gasteiger partial charge in [-0.1, -0.05) is 18.6 Å². The Hall–Kier alpha value is -2.97. The molecule has 2 aromatic heterocycles. The monoisotopic (exact) mass is 432 g/mol. The molecule has 1 saturated heterocycles. The first-order valence-corrected chi connectivity index (χ1v) is 10.3. The van der Waals surface area contributed by atoms with Crippen LogP contribution in [0.15, 0.2) is 36.4 Å². The van der Waals surface area contributed by atoms with Crippen LogP contribution in [-0.4, -0.2) is 34.4 Å². The zero-order valence-corrected chi connectivity index (χ0v) is 17.1. The Morgan fingerprint density at radius 3 is 2.68 bits per heavy atom. The Bertz CT molecular complexity index is 1010.